The van der Waals surface area contributed by atoms with Gasteiger partial charge in [0, 0.05) is 19.0 Å². The van der Waals surface area contributed by atoms with E-state index in [0.717, 1.165) is 6.54 Å². The Morgan fingerprint density at radius 3 is 2.59 bits per heavy atom. The summed E-state index contributed by atoms with van der Waals surface area (Å²) in [6.07, 6.45) is 0.375. The van der Waals surface area contributed by atoms with Crippen LogP contribution < -0.4 is 10.6 Å². The highest BCUT2D eigenvalue weighted by atomic mass is 16.5. The molecule has 0 saturated carbocycles. The highest BCUT2D eigenvalue weighted by Gasteiger charge is 2.36. The van der Waals surface area contributed by atoms with E-state index in [2.05, 4.69) is 10.6 Å². The van der Waals surface area contributed by atoms with E-state index in [0.29, 0.717) is 19.6 Å². The molecule has 0 spiro atoms. The van der Waals surface area contributed by atoms with Crippen LogP contribution in [0.15, 0.2) is 0 Å². The Morgan fingerprint density at radius 1 is 1.47 bits per heavy atom. The summed E-state index contributed by atoms with van der Waals surface area (Å²) in [5.41, 5.74) is -1.61. The molecule has 0 aromatic carbocycles. The van der Waals surface area contributed by atoms with Crippen molar-refractivity contribution in [2.45, 2.75) is 51.3 Å². The minimum absolute atomic E-state index is 0.0693. The van der Waals surface area contributed by atoms with Gasteiger partial charge in [-0.2, -0.15) is 0 Å². The van der Waals surface area contributed by atoms with Gasteiger partial charge >= 0.3 is 0 Å². The highest BCUT2D eigenvalue weighted by Crippen LogP contribution is 2.20. The van der Waals surface area contributed by atoms with Crippen LogP contribution in [-0.4, -0.2) is 48.0 Å². The Labute approximate surface area is 103 Å². The number of amides is 1. The minimum atomic E-state index is -0.959. The van der Waals surface area contributed by atoms with Gasteiger partial charge in [0.15, 0.2) is 0 Å². The number of rotatable bonds is 4. The van der Waals surface area contributed by atoms with E-state index in [4.69, 9.17) is 4.74 Å². The van der Waals surface area contributed by atoms with Crippen molar-refractivity contribution in [2.24, 2.45) is 0 Å². The Hall–Kier alpha value is -0.650. The van der Waals surface area contributed by atoms with Gasteiger partial charge in [0.2, 0.25) is 5.91 Å². The molecule has 0 bridgehead atoms. The van der Waals surface area contributed by atoms with Gasteiger partial charge in [0.1, 0.15) is 0 Å². The maximum absolute atomic E-state index is 11.9. The first-order valence-corrected chi connectivity index (χ1v) is 6.07. The lowest BCUT2D eigenvalue weighted by Crippen LogP contribution is -2.58. The number of ether oxygens (including phenoxy) is 1. The number of morpholine rings is 1. The third kappa shape index (κ3) is 4.26. The normalized spacial score (nSPS) is 22.3. The molecule has 100 valence electrons. The molecule has 1 aliphatic rings. The number of carbonyl (C=O) groups is 1. The molecule has 0 aliphatic carbocycles. The smallest absolute Gasteiger partial charge is 0.222 e. The van der Waals surface area contributed by atoms with Crippen LogP contribution in [0.25, 0.3) is 0 Å². The average Bonchev–Trinajstić information content (AvgIpc) is 2.16. The van der Waals surface area contributed by atoms with Crippen molar-refractivity contribution in [1.29, 1.82) is 0 Å². The van der Waals surface area contributed by atoms with Crippen molar-refractivity contribution in [2.75, 3.05) is 19.8 Å². The Balaban J connectivity index is 2.43. The first-order valence-electron chi connectivity index (χ1n) is 6.07. The van der Waals surface area contributed by atoms with Crippen LogP contribution in [0.4, 0.5) is 0 Å². The van der Waals surface area contributed by atoms with Gasteiger partial charge in [-0.15, -0.1) is 0 Å². The molecule has 1 saturated heterocycles. The molecule has 17 heavy (non-hydrogen) atoms. The van der Waals surface area contributed by atoms with Gasteiger partial charge in [0.25, 0.3) is 0 Å². The fourth-order valence-electron chi connectivity index (χ4n) is 1.53. The lowest BCUT2D eigenvalue weighted by atomic mass is 9.86. The SMILES string of the molecule is CC(C)(O)C(C)(C)NC(=O)CC1COCCN1. The predicted octanol–water partition coefficient (Wildman–Crippen LogP) is 0.0306. The van der Waals surface area contributed by atoms with Crippen LogP contribution in [0.1, 0.15) is 34.1 Å². The third-order valence-electron chi connectivity index (χ3n) is 3.41. The van der Waals surface area contributed by atoms with Crippen molar-refractivity contribution in [3.05, 3.63) is 0 Å². The van der Waals surface area contributed by atoms with Gasteiger partial charge < -0.3 is 20.5 Å². The first-order chi connectivity index (χ1) is 7.72. The molecule has 0 radical (unpaired) electrons. The monoisotopic (exact) mass is 244 g/mol. The van der Waals surface area contributed by atoms with Crippen LogP contribution in [0.3, 0.4) is 0 Å². The van der Waals surface area contributed by atoms with Crippen molar-refractivity contribution < 1.29 is 14.6 Å². The van der Waals surface area contributed by atoms with Crippen LogP contribution in [0.2, 0.25) is 0 Å². The molecule has 1 fully saturated rings. The molecule has 0 aromatic rings. The van der Waals surface area contributed by atoms with E-state index < -0.39 is 11.1 Å². The third-order valence-corrected chi connectivity index (χ3v) is 3.41. The van der Waals surface area contributed by atoms with Gasteiger partial charge in [-0.25, -0.2) is 0 Å². The molecule has 1 amide bonds. The maximum atomic E-state index is 11.9. The molecular formula is C12H24N2O3. The Kier molecular flexibility index (Phi) is 4.52. The zero-order valence-corrected chi connectivity index (χ0v) is 11.2. The minimum Gasteiger partial charge on any atom is -0.388 e. The van der Waals surface area contributed by atoms with Gasteiger partial charge in [0.05, 0.1) is 24.4 Å². The summed E-state index contributed by atoms with van der Waals surface area (Å²) in [7, 11) is 0. The summed E-state index contributed by atoms with van der Waals surface area (Å²) in [4.78, 5) is 11.9. The summed E-state index contributed by atoms with van der Waals surface area (Å²) in [6.45, 7) is 9.06. The second-order valence-electron chi connectivity index (χ2n) is 5.66. The zero-order chi connectivity index (χ0) is 13.1. The number of hydrogen-bond donors (Lipinski definition) is 3. The molecular weight excluding hydrogens is 220 g/mol. The Morgan fingerprint density at radius 2 is 2.12 bits per heavy atom. The second kappa shape index (κ2) is 5.33. The summed E-state index contributed by atoms with van der Waals surface area (Å²) < 4.78 is 5.29. The number of aliphatic hydroxyl groups is 1. The largest absolute Gasteiger partial charge is 0.388 e. The number of carbonyl (C=O) groups excluding carboxylic acids is 1. The van der Waals surface area contributed by atoms with E-state index in [9.17, 15) is 9.90 Å². The summed E-state index contributed by atoms with van der Waals surface area (Å²) >= 11 is 0. The molecule has 5 nitrogen and oxygen atoms in total. The first kappa shape index (κ1) is 14.4. The molecule has 1 rings (SSSR count). The van der Waals surface area contributed by atoms with Gasteiger partial charge in [-0.05, 0) is 27.7 Å². The van der Waals surface area contributed by atoms with E-state index >= 15 is 0 Å². The quantitative estimate of drug-likeness (QED) is 0.652. The highest BCUT2D eigenvalue weighted by molar-refractivity contribution is 5.77. The van der Waals surface area contributed by atoms with Crippen LogP contribution in [0.5, 0.6) is 0 Å². The van der Waals surface area contributed by atoms with E-state index in [1.165, 1.54) is 0 Å². The second-order valence-corrected chi connectivity index (χ2v) is 5.66. The van der Waals surface area contributed by atoms with Gasteiger partial charge in [-0.1, -0.05) is 0 Å². The van der Waals surface area contributed by atoms with Gasteiger partial charge in [-0.3, -0.25) is 4.79 Å². The Bertz CT molecular complexity index is 265. The molecule has 3 N–H and O–H groups in total. The van der Waals surface area contributed by atoms with Crippen LogP contribution in [-0.2, 0) is 9.53 Å². The maximum Gasteiger partial charge on any atom is 0.222 e. The number of nitrogens with one attached hydrogen (secondary N) is 2. The molecule has 1 unspecified atom stereocenters. The zero-order valence-electron chi connectivity index (χ0n) is 11.2. The fourth-order valence-corrected chi connectivity index (χ4v) is 1.53. The van der Waals surface area contributed by atoms with Crippen molar-refractivity contribution >= 4 is 5.91 Å². The molecule has 0 aromatic heterocycles. The predicted molar refractivity (Wildman–Crippen MR) is 65.7 cm³/mol. The van der Waals surface area contributed by atoms with Crippen molar-refractivity contribution in [3.63, 3.8) is 0 Å². The fraction of sp³-hybridized carbons (Fsp3) is 0.917. The average molecular weight is 244 g/mol. The molecule has 5 heteroatoms. The summed E-state index contributed by atoms with van der Waals surface area (Å²) in [6, 6.07) is 0.0707. The van der Waals surface area contributed by atoms with Crippen molar-refractivity contribution in [1.82, 2.24) is 10.6 Å². The van der Waals surface area contributed by atoms with E-state index in [1.54, 1.807) is 13.8 Å². The van der Waals surface area contributed by atoms with E-state index in [-0.39, 0.29) is 11.9 Å². The summed E-state index contributed by atoms with van der Waals surface area (Å²) in [5.74, 6) is -0.0693. The molecule has 1 heterocycles. The topological polar surface area (TPSA) is 70.6 Å². The van der Waals surface area contributed by atoms with Crippen LogP contribution in [0, 0.1) is 0 Å². The lowest BCUT2D eigenvalue weighted by molar-refractivity contribution is -0.127. The van der Waals surface area contributed by atoms with Crippen LogP contribution >= 0.6 is 0 Å². The number of hydrogen-bond acceptors (Lipinski definition) is 4. The molecule has 1 aliphatic heterocycles. The standard InChI is InChI=1S/C12H24N2O3/c1-11(2,12(3,4)16)14-10(15)7-9-8-17-6-5-13-9/h9,13,16H,5-8H2,1-4H3,(H,14,15). The van der Waals surface area contributed by atoms with Crippen molar-refractivity contribution in [3.8, 4) is 0 Å². The molecule has 1 atom stereocenters. The van der Waals surface area contributed by atoms with E-state index in [1.807, 2.05) is 13.8 Å². The summed E-state index contributed by atoms with van der Waals surface area (Å²) in [5, 5.41) is 16.0. The lowest BCUT2D eigenvalue weighted by Gasteiger charge is -2.38.